The molecule has 6 nitrogen and oxygen atoms in total. The van der Waals surface area contributed by atoms with Crippen LogP contribution in [0.15, 0.2) is 47.1 Å². The average Bonchev–Trinajstić information content (AvgIpc) is 3.11. The number of ether oxygens (including phenoxy) is 2. The zero-order valence-electron chi connectivity index (χ0n) is 14.3. The van der Waals surface area contributed by atoms with E-state index in [1.807, 2.05) is 30.3 Å². The van der Waals surface area contributed by atoms with E-state index in [1.165, 1.54) is 0 Å². The molecule has 1 atom stereocenters. The second-order valence-electron chi connectivity index (χ2n) is 6.59. The van der Waals surface area contributed by atoms with Gasteiger partial charge in [-0.3, -0.25) is 4.79 Å². The zero-order chi connectivity index (χ0) is 18.0. The maximum atomic E-state index is 12.8. The number of amides is 1. The van der Waals surface area contributed by atoms with Crippen molar-refractivity contribution in [1.82, 2.24) is 4.98 Å². The van der Waals surface area contributed by atoms with Crippen LogP contribution in [-0.2, 0) is 9.47 Å². The lowest BCUT2D eigenvalue weighted by Gasteiger charge is -2.40. The first kappa shape index (κ1) is 17.5. The zero-order valence-corrected chi connectivity index (χ0v) is 15.9. The maximum absolute atomic E-state index is 12.8. The normalized spacial score (nSPS) is 22.6. The smallest absolute Gasteiger partial charge is 0.259 e. The SMILES string of the molecule is O=C(Nc1ccc(Br)cc1)c1cccnc1N1CCOC2(CCOC2)C1. The number of hydrogen-bond donors (Lipinski definition) is 1. The summed E-state index contributed by atoms with van der Waals surface area (Å²) in [6.45, 7) is 3.30. The number of carbonyl (C=O) groups excluding carboxylic acids is 1. The first-order chi connectivity index (χ1) is 12.7. The first-order valence-electron chi connectivity index (χ1n) is 8.64. The minimum Gasteiger partial charge on any atom is -0.378 e. The number of rotatable bonds is 3. The van der Waals surface area contributed by atoms with Crippen molar-refractivity contribution >= 4 is 33.3 Å². The van der Waals surface area contributed by atoms with Crippen molar-refractivity contribution < 1.29 is 14.3 Å². The van der Waals surface area contributed by atoms with Crippen molar-refractivity contribution in [1.29, 1.82) is 0 Å². The van der Waals surface area contributed by atoms with Gasteiger partial charge >= 0.3 is 0 Å². The second-order valence-corrected chi connectivity index (χ2v) is 7.51. The fourth-order valence-corrected chi connectivity index (χ4v) is 3.67. The molecule has 0 radical (unpaired) electrons. The largest absolute Gasteiger partial charge is 0.378 e. The molecule has 2 aliphatic heterocycles. The lowest BCUT2D eigenvalue weighted by Crippen LogP contribution is -2.53. The molecule has 1 unspecified atom stereocenters. The van der Waals surface area contributed by atoms with Crippen LogP contribution in [0.3, 0.4) is 0 Å². The first-order valence-corrected chi connectivity index (χ1v) is 9.43. The molecule has 7 heteroatoms. The average molecular weight is 418 g/mol. The van der Waals surface area contributed by atoms with Gasteiger partial charge in [-0.25, -0.2) is 4.98 Å². The number of nitrogens with one attached hydrogen (secondary N) is 1. The number of anilines is 2. The number of morpholine rings is 1. The molecule has 26 heavy (non-hydrogen) atoms. The minimum atomic E-state index is -0.283. The van der Waals surface area contributed by atoms with Crippen LogP contribution in [0.2, 0.25) is 0 Å². The van der Waals surface area contributed by atoms with Gasteiger partial charge in [-0.1, -0.05) is 15.9 Å². The molecular weight excluding hydrogens is 398 g/mol. The van der Waals surface area contributed by atoms with Crippen LogP contribution in [0.25, 0.3) is 0 Å². The van der Waals surface area contributed by atoms with E-state index in [1.54, 1.807) is 12.3 Å². The Labute approximate surface area is 160 Å². The van der Waals surface area contributed by atoms with Crippen molar-refractivity contribution in [3.05, 3.63) is 52.6 Å². The predicted molar refractivity (Wildman–Crippen MR) is 103 cm³/mol. The van der Waals surface area contributed by atoms with Crippen LogP contribution >= 0.6 is 15.9 Å². The van der Waals surface area contributed by atoms with Gasteiger partial charge in [0, 0.05) is 35.9 Å². The quantitative estimate of drug-likeness (QED) is 0.830. The van der Waals surface area contributed by atoms with Crippen LogP contribution in [-0.4, -0.2) is 49.4 Å². The van der Waals surface area contributed by atoms with E-state index in [9.17, 15) is 4.79 Å². The number of hydrogen-bond acceptors (Lipinski definition) is 5. The third-order valence-electron chi connectivity index (χ3n) is 4.75. The standard InChI is InChI=1S/C19H20BrN3O3/c20-14-3-5-15(6-4-14)22-18(24)16-2-1-8-21-17(16)23-9-11-26-19(12-23)7-10-25-13-19/h1-6,8H,7,9-13H2,(H,22,24). The van der Waals surface area contributed by atoms with E-state index in [0.717, 1.165) is 16.6 Å². The van der Waals surface area contributed by atoms with Gasteiger partial charge < -0.3 is 19.7 Å². The van der Waals surface area contributed by atoms with Gasteiger partial charge in [-0.2, -0.15) is 0 Å². The number of halogens is 1. The maximum Gasteiger partial charge on any atom is 0.259 e. The summed E-state index contributed by atoms with van der Waals surface area (Å²) < 4.78 is 12.5. The van der Waals surface area contributed by atoms with Gasteiger partial charge in [0.05, 0.1) is 25.3 Å². The summed E-state index contributed by atoms with van der Waals surface area (Å²) in [5, 5.41) is 2.94. The van der Waals surface area contributed by atoms with Crippen LogP contribution in [0, 0.1) is 0 Å². The molecule has 0 saturated carbocycles. The molecule has 4 rings (SSSR count). The van der Waals surface area contributed by atoms with Crippen LogP contribution < -0.4 is 10.2 Å². The van der Waals surface area contributed by atoms with Crippen molar-refractivity contribution in [3.8, 4) is 0 Å². The highest BCUT2D eigenvalue weighted by Crippen LogP contribution is 2.31. The third-order valence-corrected chi connectivity index (χ3v) is 5.28. The molecule has 2 fully saturated rings. The van der Waals surface area contributed by atoms with E-state index < -0.39 is 0 Å². The molecule has 2 aliphatic rings. The molecule has 1 amide bonds. The Kier molecular flexibility index (Phi) is 4.93. The summed E-state index contributed by atoms with van der Waals surface area (Å²) in [4.78, 5) is 19.5. The molecule has 1 aromatic heterocycles. The Morgan fingerprint density at radius 1 is 1.23 bits per heavy atom. The molecule has 2 aromatic rings. The van der Waals surface area contributed by atoms with Gasteiger partial charge in [-0.15, -0.1) is 0 Å². The summed E-state index contributed by atoms with van der Waals surface area (Å²) in [6.07, 6.45) is 2.59. The highest BCUT2D eigenvalue weighted by Gasteiger charge is 2.41. The van der Waals surface area contributed by atoms with Gasteiger partial charge in [-0.05, 0) is 36.4 Å². The molecule has 0 aliphatic carbocycles. The lowest BCUT2D eigenvalue weighted by atomic mass is 10.0. The van der Waals surface area contributed by atoms with E-state index >= 15 is 0 Å². The van der Waals surface area contributed by atoms with Gasteiger partial charge in [0.2, 0.25) is 0 Å². The number of nitrogens with zero attached hydrogens (tertiary/aromatic N) is 2. The summed E-state index contributed by atoms with van der Waals surface area (Å²) in [5.74, 6) is 0.523. The summed E-state index contributed by atoms with van der Waals surface area (Å²) in [5.41, 5.74) is 1.02. The van der Waals surface area contributed by atoms with Crippen LogP contribution in [0.1, 0.15) is 16.8 Å². The molecule has 136 valence electrons. The lowest BCUT2D eigenvalue weighted by molar-refractivity contribution is -0.0581. The molecule has 3 heterocycles. The van der Waals surface area contributed by atoms with Gasteiger partial charge in [0.15, 0.2) is 0 Å². The Morgan fingerprint density at radius 3 is 2.85 bits per heavy atom. The fourth-order valence-electron chi connectivity index (χ4n) is 3.41. The van der Waals surface area contributed by atoms with E-state index in [0.29, 0.717) is 44.3 Å². The Balaban J connectivity index is 1.56. The van der Waals surface area contributed by atoms with Crippen molar-refractivity contribution in [2.45, 2.75) is 12.0 Å². The van der Waals surface area contributed by atoms with Crippen LogP contribution in [0.5, 0.6) is 0 Å². The van der Waals surface area contributed by atoms with Gasteiger partial charge in [0.25, 0.3) is 5.91 Å². The Hall–Kier alpha value is -1.96. The molecule has 1 spiro atoms. The van der Waals surface area contributed by atoms with Gasteiger partial charge in [0.1, 0.15) is 11.4 Å². The minimum absolute atomic E-state index is 0.168. The molecule has 0 bridgehead atoms. The highest BCUT2D eigenvalue weighted by atomic mass is 79.9. The summed E-state index contributed by atoms with van der Waals surface area (Å²) in [7, 11) is 0. The molecule has 1 N–H and O–H groups in total. The molecule has 2 saturated heterocycles. The number of benzene rings is 1. The van der Waals surface area contributed by atoms with Crippen molar-refractivity contribution in [3.63, 3.8) is 0 Å². The molecule has 1 aromatic carbocycles. The van der Waals surface area contributed by atoms with Crippen molar-refractivity contribution in [2.24, 2.45) is 0 Å². The monoisotopic (exact) mass is 417 g/mol. The fraction of sp³-hybridized carbons (Fsp3) is 0.368. The van der Waals surface area contributed by atoms with Crippen LogP contribution in [0.4, 0.5) is 11.5 Å². The number of pyridine rings is 1. The van der Waals surface area contributed by atoms with E-state index in [-0.39, 0.29) is 11.5 Å². The summed E-state index contributed by atoms with van der Waals surface area (Å²) >= 11 is 3.40. The number of aromatic nitrogens is 1. The molecular formula is C19H20BrN3O3. The predicted octanol–water partition coefficient (Wildman–Crippen LogP) is 3.09. The Bertz CT molecular complexity index is 791. The summed E-state index contributed by atoms with van der Waals surface area (Å²) in [6, 6.07) is 11.1. The second kappa shape index (κ2) is 7.34. The van der Waals surface area contributed by atoms with E-state index in [2.05, 4.69) is 31.1 Å². The highest BCUT2D eigenvalue weighted by molar-refractivity contribution is 9.10. The Morgan fingerprint density at radius 2 is 2.08 bits per heavy atom. The third kappa shape index (κ3) is 3.60. The van der Waals surface area contributed by atoms with Crippen molar-refractivity contribution in [2.75, 3.05) is 43.1 Å². The topological polar surface area (TPSA) is 63.7 Å². The van der Waals surface area contributed by atoms with E-state index in [4.69, 9.17) is 9.47 Å². The number of carbonyl (C=O) groups is 1.